The van der Waals surface area contributed by atoms with Gasteiger partial charge in [0.15, 0.2) is 0 Å². The molecule has 1 fully saturated rings. The van der Waals surface area contributed by atoms with Crippen LogP contribution in [0.1, 0.15) is 29.8 Å². The molecule has 0 amide bonds. The maximum absolute atomic E-state index is 13.5. The van der Waals surface area contributed by atoms with Gasteiger partial charge in [-0.15, -0.1) is 0 Å². The van der Waals surface area contributed by atoms with Crippen LogP contribution < -0.4 is 15.2 Å². The highest BCUT2D eigenvalue weighted by Crippen LogP contribution is 2.35. The molecule has 0 unspecified atom stereocenters. The number of hydrogen-bond acceptors (Lipinski definition) is 5. The predicted molar refractivity (Wildman–Crippen MR) is 128 cm³/mol. The van der Waals surface area contributed by atoms with E-state index in [1.165, 1.54) is 12.1 Å². The predicted octanol–water partition coefficient (Wildman–Crippen LogP) is 3.94. The molecule has 0 aliphatic carbocycles. The first-order valence-corrected chi connectivity index (χ1v) is 11.2. The molecule has 0 radical (unpaired) electrons. The zero-order valence-electron chi connectivity index (χ0n) is 19.3. The number of methoxy groups -OCH3 is 1. The summed E-state index contributed by atoms with van der Waals surface area (Å²) in [5.74, 6) is 0.457. The Morgan fingerprint density at radius 1 is 1.06 bits per heavy atom. The summed E-state index contributed by atoms with van der Waals surface area (Å²) < 4.78 is 20.5. The third-order valence-corrected chi connectivity index (χ3v) is 6.39. The van der Waals surface area contributed by atoms with Gasteiger partial charge in [0.1, 0.15) is 17.3 Å². The van der Waals surface area contributed by atoms with Crippen molar-refractivity contribution in [2.45, 2.75) is 26.4 Å². The van der Waals surface area contributed by atoms with Crippen LogP contribution >= 0.6 is 0 Å². The summed E-state index contributed by atoms with van der Waals surface area (Å²) in [6.45, 7) is 7.09. The Bertz CT molecular complexity index is 1170. The summed E-state index contributed by atoms with van der Waals surface area (Å²) in [5, 5.41) is 10.9. The SMILES string of the molecule is CCn1c(C)cc(O)c([C@@H](c2cccc(OC)c2)N2CCN(c3ccc(F)cc3)CC2)c1=O. The maximum atomic E-state index is 13.5. The number of benzene rings is 2. The molecule has 1 atom stereocenters. The highest BCUT2D eigenvalue weighted by molar-refractivity contribution is 5.47. The number of piperazine rings is 1. The summed E-state index contributed by atoms with van der Waals surface area (Å²) in [5.41, 5.74) is 2.80. The number of aromatic hydroxyl groups is 1. The second-order valence-corrected chi connectivity index (χ2v) is 8.31. The molecule has 2 heterocycles. The molecule has 174 valence electrons. The average molecular weight is 452 g/mol. The lowest BCUT2D eigenvalue weighted by atomic mass is 9.95. The smallest absolute Gasteiger partial charge is 0.259 e. The van der Waals surface area contributed by atoms with E-state index >= 15 is 0 Å². The molecule has 1 aliphatic rings. The van der Waals surface area contributed by atoms with Crippen LogP contribution in [-0.4, -0.2) is 47.9 Å². The molecule has 33 heavy (non-hydrogen) atoms. The molecule has 1 aromatic heterocycles. The molecule has 4 rings (SSSR count). The van der Waals surface area contributed by atoms with E-state index in [9.17, 15) is 14.3 Å². The number of halogens is 1. The number of aryl methyl sites for hydroxylation is 1. The van der Waals surface area contributed by atoms with Crippen LogP contribution in [0.2, 0.25) is 0 Å². The summed E-state index contributed by atoms with van der Waals surface area (Å²) >= 11 is 0. The van der Waals surface area contributed by atoms with Crippen molar-refractivity contribution in [1.82, 2.24) is 9.47 Å². The second kappa shape index (κ2) is 9.67. The Hall–Kier alpha value is -3.32. The molecule has 1 N–H and O–H groups in total. The molecule has 2 aromatic carbocycles. The number of aromatic nitrogens is 1. The van der Waals surface area contributed by atoms with Crippen molar-refractivity contribution in [2.24, 2.45) is 0 Å². The molecule has 1 saturated heterocycles. The molecule has 6 nitrogen and oxygen atoms in total. The fourth-order valence-electron chi connectivity index (χ4n) is 4.68. The van der Waals surface area contributed by atoms with Gasteiger partial charge in [-0.25, -0.2) is 4.39 Å². The fourth-order valence-corrected chi connectivity index (χ4v) is 4.68. The zero-order valence-corrected chi connectivity index (χ0v) is 19.3. The monoisotopic (exact) mass is 451 g/mol. The van der Waals surface area contributed by atoms with E-state index in [0.717, 1.165) is 30.0 Å². The van der Waals surface area contributed by atoms with Crippen LogP contribution in [0, 0.1) is 12.7 Å². The number of nitrogens with zero attached hydrogens (tertiary/aromatic N) is 3. The number of anilines is 1. The van der Waals surface area contributed by atoms with Gasteiger partial charge in [0, 0.05) is 44.1 Å². The van der Waals surface area contributed by atoms with E-state index in [0.29, 0.717) is 30.9 Å². The van der Waals surface area contributed by atoms with E-state index in [2.05, 4.69) is 9.80 Å². The number of rotatable bonds is 6. The largest absolute Gasteiger partial charge is 0.507 e. The Balaban J connectivity index is 1.72. The first-order chi connectivity index (χ1) is 15.9. The summed E-state index contributed by atoms with van der Waals surface area (Å²) in [6, 6.07) is 15.4. The first kappa shape index (κ1) is 22.9. The molecule has 3 aromatic rings. The first-order valence-electron chi connectivity index (χ1n) is 11.2. The van der Waals surface area contributed by atoms with Crippen LogP contribution in [0.4, 0.5) is 10.1 Å². The van der Waals surface area contributed by atoms with Crippen LogP contribution in [0.15, 0.2) is 59.4 Å². The van der Waals surface area contributed by atoms with Crippen molar-refractivity contribution in [3.05, 3.63) is 87.6 Å². The lowest BCUT2D eigenvalue weighted by Crippen LogP contribution is -2.49. The quantitative estimate of drug-likeness (QED) is 0.615. The Kier molecular flexibility index (Phi) is 6.70. The van der Waals surface area contributed by atoms with Gasteiger partial charge >= 0.3 is 0 Å². The molecule has 0 bridgehead atoms. The molecule has 0 saturated carbocycles. The Labute approximate surface area is 193 Å². The van der Waals surface area contributed by atoms with E-state index in [1.807, 2.05) is 38.1 Å². The topological polar surface area (TPSA) is 57.9 Å². The summed E-state index contributed by atoms with van der Waals surface area (Å²) in [4.78, 5) is 17.9. The van der Waals surface area contributed by atoms with E-state index in [-0.39, 0.29) is 17.1 Å². The lowest BCUT2D eigenvalue weighted by Gasteiger charge is -2.40. The third kappa shape index (κ3) is 4.59. The number of pyridine rings is 1. The maximum Gasteiger partial charge on any atom is 0.259 e. The van der Waals surface area contributed by atoms with E-state index in [4.69, 9.17) is 4.74 Å². The van der Waals surface area contributed by atoms with Gasteiger partial charge in [-0.1, -0.05) is 12.1 Å². The second-order valence-electron chi connectivity index (χ2n) is 8.31. The van der Waals surface area contributed by atoms with Crippen LogP contribution in [0.25, 0.3) is 0 Å². The number of ether oxygens (including phenoxy) is 1. The van der Waals surface area contributed by atoms with Gasteiger partial charge < -0.3 is 19.3 Å². The zero-order chi connectivity index (χ0) is 23.5. The fraction of sp³-hybridized carbons (Fsp3) is 0.346. The number of hydrogen-bond donors (Lipinski definition) is 1. The van der Waals surface area contributed by atoms with Gasteiger partial charge in [-0.05, 0) is 61.9 Å². The summed E-state index contributed by atoms with van der Waals surface area (Å²) in [7, 11) is 1.61. The van der Waals surface area contributed by atoms with Gasteiger partial charge in [0.05, 0.1) is 18.7 Å². The van der Waals surface area contributed by atoms with Crippen molar-refractivity contribution in [2.75, 3.05) is 38.2 Å². The minimum atomic E-state index is -0.415. The van der Waals surface area contributed by atoms with Crippen molar-refractivity contribution in [3.63, 3.8) is 0 Å². The van der Waals surface area contributed by atoms with Gasteiger partial charge in [0.25, 0.3) is 5.56 Å². The van der Waals surface area contributed by atoms with E-state index in [1.54, 1.807) is 29.9 Å². The van der Waals surface area contributed by atoms with Gasteiger partial charge in [0.2, 0.25) is 0 Å². The van der Waals surface area contributed by atoms with Crippen molar-refractivity contribution < 1.29 is 14.2 Å². The highest BCUT2D eigenvalue weighted by Gasteiger charge is 2.31. The van der Waals surface area contributed by atoms with Crippen LogP contribution in [-0.2, 0) is 6.54 Å². The van der Waals surface area contributed by atoms with Crippen molar-refractivity contribution >= 4 is 5.69 Å². The minimum absolute atomic E-state index is 0.0102. The van der Waals surface area contributed by atoms with E-state index < -0.39 is 6.04 Å². The Morgan fingerprint density at radius 2 is 1.76 bits per heavy atom. The van der Waals surface area contributed by atoms with Crippen molar-refractivity contribution in [3.8, 4) is 11.5 Å². The summed E-state index contributed by atoms with van der Waals surface area (Å²) in [6.07, 6.45) is 0. The lowest BCUT2D eigenvalue weighted by molar-refractivity contribution is 0.207. The third-order valence-electron chi connectivity index (χ3n) is 6.39. The van der Waals surface area contributed by atoms with Crippen LogP contribution in [0.5, 0.6) is 11.5 Å². The normalized spacial score (nSPS) is 15.5. The Morgan fingerprint density at radius 3 is 2.39 bits per heavy atom. The average Bonchev–Trinajstić information content (AvgIpc) is 2.82. The minimum Gasteiger partial charge on any atom is -0.507 e. The molecular weight excluding hydrogens is 421 g/mol. The van der Waals surface area contributed by atoms with Crippen LogP contribution in [0.3, 0.4) is 0 Å². The van der Waals surface area contributed by atoms with Crippen molar-refractivity contribution in [1.29, 1.82) is 0 Å². The molecule has 0 spiro atoms. The molecule has 7 heteroatoms. The van der Waals surface area contributed by atoms with Gasteiger partial charge in [-0.2, -0.15) is 0 Å². The standard InChI is InChI=1S/C26H30FN3O3/c1-4-30-18(2)16-23(31)24(26(30)32)25(19-6-5-7-22(17-19)33-3)29-14-12-28(13-15-29)21-10-8-20(27)9-11-21/h5-11,16-17,25,31H,4,12-15H2,1-3H3/t25-/m1/s1. The highest BCUT2D eigenvalue weighted by atomic mass is 19.1. The molecular formula is C26H30FN3O3. The molecule has 1 aliphatic heterocycles. The van der Waals surface area contributed by atoms with Gasteiger partial charge in [-0.3, -0.25) is 9.69 Å².